The lowest BCUT2D eigenvalue weighted by molar-refractivity contribution is -0.209. The molecule has 1 aliphatic rings. The Kier molecular flexibility index (Phi) is 10.5. The Balaban J connectivity index is 1.84. The fraction of sp³-hybridized carbons (Fsp3) is 0.500. The van der Waals surface area contributed by atoms with Gasteiger partial charge in [0.05, 0.1) is 12.4 Å². The molecule has 0 saturated carbocycles. The maximum absolute atomic E-state index is 12.6. The Hall–Kier alpha value is -2.68. The van der Waals surface area contributed by atoms with Crippen molar-refractivity contribution < 1.29 is 33.1 Å². The second-order valence-electron chi connectivity index (χ2n) is 10.2. The van der Waals surface area contributed by atoms with Gasteiger partial charge in [-0.2, -0.15) is 0 Å². The number of esters is 2. The van der Waals surface area contributed by atoms with Crippen molar-refractivity contribution in [2.75, 3.05) is 6.26 Å². The van der Waals surface area contributed by atoms with Gasteiger partial charge in [-0.3, -0.25) is 9.59 Å². The van der Waals surface area contributed by atoms with Gasteiger partial charge in [0.15, 0.2) is 6.10 Å². The van der Waals surface area contributed by atoms with Gasteiger partial charge in [0, 0.05) is 26.2 Å². The third-order valence-electron chi connectivity index (χ3n) is 6.91. The van der Waals surface area contributed by atoms with Crippen LogP contribution < -0.4 is 0 Å². The van der Waals surface area contributed by atoms with E-state index in [4.69, 9.17) is 14.2 Å². The first-order chi connectivity index (χ1) is 18.0. The largest absolute Gasteiger partial charge is 0.614 e. The molecule has 206 valence electrons. The number of ketones is 1. The average Bonchev–Trinajstić information content (AvgIpc) is 2.83. The first kappa shape index (κ1) is 29.9. The van der Waals surface area contributed by atoms with Crippen LogP contribution in [0.2, 0.25) is 0 Å². The van der Waals surface area contributed by atoms with Gasteiger partial charge in [-0.25, -0.2) is 0 Å². The lowest BCUT2D eigenvalue weighted by Gasteiger charge is -2.43. The minimum absolute atomic E-state index is 0.214. The van der Waals surface area contributed by atoms with Crippen molar-refractivity contribution in [3.8, 4) is 0 Å². The van der Waals surface area contributed by atoms with E-state index >= 15 is 0 Å². The van der Waals surface area contributed by atoms with Gasteiger partial charge in [-0.15, -0.1) is 0 Å². The van der Waals surface area contributed by atoms with E-state index < -0.39 is 46.9 Å². The monoisotopic (exact) mass is 542 g/mol. The number of carbonyl (C=O) groups is 3. The standard InChI is InChI=1S/C30H38O7S/c1-18-10-15-25(17-26(18)16-24-13-11-23(12-14-24)9-7-8-19(2)31)27-20(3)28(35-21(4)32)29(36-22(5)33)30(37-27)38(6)34/h10-15,17,20,27-30H,7-9,16H2,1-6H3/t20-,27+,28+,29-,30+,38?/m0/s1. The van der Waals surface area contributed by atoms with Gasteiger partial charge in [0.1, 0.15) is 5.78 Å². The van der Waals surface area contributed by atoms with Crippen LogP contribution in [0.15, 0.2) is 42.5 Å². The summed E-state index contributed by atoms with van der Waals surface area (Å²) in [6.07, 6.45) is 2.26. The van der Waals surface area contributed by atoms with Crippen LogP contribution in [-0.2, 0) is 52.6 Å². The second-order valence-corrected chi connectivity index (χ2v) is 11.6. The van der Waals surface area contributed by atoms with Crippen LogP contribution >= 0.6 is 0 Å². The number of benzene rings is 2. The molecule has 7 nitrogen and oxygen atoms in total. The van der Waals surface area contributed by atoms with Crippen LogP contribution in [0, 0.1) is 12.8 Å². The zero-order chi connectivity index (χ0) is 28.0. The molecule has 3 rings (SSSR count). The summed E-state index contributed by atoms with van der Waals surface area (Å²) >= 11 is -1.50. The van der Waals surface area contributed by atoms with Crippen molar-refractivity contribution in [3.63, 3.8) is 0 Å². The first-order valence-corrected chi connectivity index (χ1v) is 14.6. The Morgan fingerprint density at radius 2 is 1.55 bits per heavy atom. The van der Waals surface area contributed by atoms with Crippen molar-refractivity contribution in [1.82, 2.24) is 0 Å². The highest BCUT2D eigenvalue weighted by Crippen LogP contribution is 2.41. The van der Waals surface area contributed by atoms with E-state index in [1.807, 2.05) is 19.1 Å². The lowest BCUT2D eigenvalue weighted by Crippen LogP contribution is -2.56. The minimum atomic E-state index is -1.50. The molecule has 0 bridgehead atoms. The molecule has 0 aliphatic carbocycles. The maximum atomic E-state index is 12.6. The van der Waals surface area contributed by atoms with Crippen molar-refractivity contribution in [2.45, 2.75) is 84.0 Å². The number of carbonyl (C=O) groups excluding carboxylic acids is 3. The second kappa shape index (κ2) is 13.4. The molecule has 0 spiro atoms. The smallest absolute Gasteiger partial charge is 0.303 e. The van der Waals surface area contributed by atoms with Gasteiger partial charge in [0.2, 0.25) is 6.10 Å². The highest BCUT2D eigenvalue weighted by molar-refractivity contribution is 7.91. The summed E-state index contributed by atoms with van der Waals surface area (Å²) < 4.78 is 30.0. The Labute approximate surface area is 228 Å². The molecule has 2 aromatic rings. The van der Waals surface area contributed by atoms with Crippen molar-refractivity contribution in [1.29, 1.82) is 0 Å². The van der Waals surface area contributed by atoms with E-state index in [0.29, 0.717) is 6.42 Å². The molecule has 0 radical (unpaired) electrons. The zero-order valence-electron chi connectivity index (χ0n) is 23.0. The maximum Gasteiger partial charge on any atom is 0.303 e. The van der Waals surface area contributed by atoms with Gasteiger partial charge < -0.3 is 23.6 Å². The molecule has 1 heterocycles. The fourth-order valence-corrected chi connectivity index (χ4v) is 5.81. The van der Waals surface area contributed by atoms with Gasteiger partial charge in [-0.1, -0.05) is 49.4 Å². The van der Waals surface area contributed by atoms with Crippen molar-refractivity contribution in [3.05, 3.63) is 70.3 Å². The third kappa shape index (κ3) is 7.91. The van der Waals surface area contributed by atoms with Crippen molar-refractivity contribution >= 4 is 28.9 Å². The summed E-state index contributed by atoms with van der Waals surface area (Å²) in [5, 5.41) is 0. The van der Waals surface area contributed by atoms with E-state index in [9.17, 15) is 18.9 Å². The zero-order valence-corrected chi connectivity index (χ0v) is 23.8. The minimum Gasteiger partial charge on any atom is -0.614 e. The van der Waals surface area contributed by atoms with Crippen LogP contribution in [0.3, 0.4) is 0 Å². The molecular formula is C30H38O7S. The summed E-state index contributed by atoms with van der Waals surface area (Å²) in [6, 6.07) is 14.6. The molecule has 0 amide bonds. The topological polar surface area (TPSA) is 102 Å². The molecule has 1 aliphatic heterocycles. The highest BCUT2D eigenvalue weighted by atomic mass is 32.2. The Morgan fingerprint density at radius 1 is 0.947 bits per heavy atom. The van der Waals surface area contributed by atoms with E-state index in [-0.39, 0.29) is 11.7 Å². The van der Waals surface area contributed by atoms with Crippen LogP contribution in [0.1, 0.15) is 74.5 Å². The van der Waals surface area contributed by atoms with Gasteiger partial charge in [0.25, 0.3) is 5.44 Å². The molecule has 2 aromatic carbocycles. The number of hydrogen-bond donors (Lipinski definition) is 0. The van der Waals surface area contributed by atoms with Crippen LogP contribution in [0.4, 0.5) is 0 Å². The van der Waals surface area contributed by atoms with Gasteiger partial charge >= 0.3 is 11.9 Å². The first-order valence-electron chi connectivity index (χ1n) is 12.9. The molecule has 38 heavy (non-hydrogen) atoms. The Bertz CT molecular complexity index is 1130. The molecular weight excluding hydrogens is 504 g/mol. The summed E-state index contributed by atoms with van der Waals surface area (Å²) in [6.45, 7) is 8.13. The number of aryl methyl sites for hydroxylation is 2. The molecule has 8 heteroatoms. The average molecular weight is 543 g/mol. The SMILES string of the molecule is CC(=O)CCCc1ccc(Cc2cc([C@@H]3O[C@H]([S+](C)[O-])[C@@H](OC(C)=O)[C@H](OC(C)=O)[C@H]3C)ccc2C)cc1. The highest BCUT2D eigenvalue weighted by Gasteiger charge is 2.52. The summed E-state index contributed by atoms with van der Waals surface area (Å²) in [4.78, 5) is 34.9. The lowest BCUT2D eigenvalue weighted by atomic mass is 9.85. The van der Waals surface area contributed by atoms with Crippen LogP contribution in [0.5, 0.6) is 0 Å². The molecule has 1 saturated heterocycles. The molecule has 6 atom stereocenters. The van der Waals surface area contributed by atoms with Gasteiger partial charge in [-0.05, 0) is 72.1 Å². The van der Waals surface area contributed by atoms with E-state index in [1.54, 1.807) is 6.92 Å². The quantitative estimate of drug-likeness (QED) is 0.315. The third-order valence-corrected chi connectivity index (χ3v) is 7.95. The number of ether oxygens (including phenoxy) is 3. The molecule has 0 aromatic heterocycles. The number of hydrogen-bond acceptors (Lipinski definition) is 7. The fourth-order valence-electron chi connectivity index (χ4n) is 4.95. The molecule has 1 fully saturated rings. The summed E-state index contributed by atoms with van der Waals surface area (Å²) in [5.41, 5.74) is 4.58. The van der Waals surface area contributed by atoms with Crippen molar-refractivity contribution in [2.24, 2.45) is 5.92 Å². The summed E-state index contributed by atoms with van der Waals surface area (Å²) in [5.74, 6) is -1.20. The van der Waals surface area contributed by atoms with E-state index in [2.05, 4.69) is 37.3 Å². The predicted octanol–water partition coefficient (Wildman–Crippen LogP) is 4.77. The normalized spacial score (nSPS) is 23.9. The van der Waals surface area contributed by atoms with E-state index in [0.717, 1.165) is 36.0 Å². The number of rotatable bonds is 10. The number of Topliss-reactive ketones (excluding diaryl/α,β-unsaturated/α-hetero) is 1. The Morgan fingerprint density at radius 3 is 2.13 bits per heavy atom. The van der Waals surface area contributed by atoms with E-state index in [1.165, 1.54) is 31.2 Å². The predicted molar refractivity (Wildman–Crippen MR) is 146 cm³/mol. The van der Waals surface area contributed by atoms with Crippen LogP contribution in [-0.4, -0.2) is 46.2 Å². The molecule has 1 unspecified atom stereocenters. The van der Waals surface area contributed by atoms with Crippen LogP contribution in [0.25, 0.3) is 0 Å². The summed E-state index contributed by atoms with van der Waals surface area (Å²) in [7, 11) is 0. The molecule has 0 N–H and O–H groups in total.